The predicted molar refractivity (Wildman–Crippen MR) is 164 cm³/mol. The highest BCUT2D eigenvalue weighted by Gasteiger charge is 2.41. The number of benzene rings is 2. The Morgan fingerprint density at radius 2 is 1.61 bits per heavy atom. The number of rotatable bonds is 8. The maximum absolute atomic E-state index is 13.0. The number of nitrogens with two attached hydrogens (primary N) is 1. The third kappa shape index (κ3) is 6.45. The highest BCUT2D eigenvalue weighted by Crippen LogP contribution is 2.36. The van der Waals surface area contributed by atoms with Crippen LogP contribution in [0.4, 0.5) is 0 Å². The van der Waals surface area contributed by atoms with Crippen molar-refractivity contribution in [3.05, 3.63) is 70.3 Å². The van der Waals surface area contributed by atoms with E-state index in [2.05, 4.69) is 22.3 Å². The summed E-state index contributed by atoms with van der Waals surface area (Å²) in [6.07, 6.45) is 3.52. The molecule has 6 rings (SSSR count). The van der Waals surface area contributed by atoms with Crippen LogP contribution in [0.25, 0.3) is 0 Å². The van der Waals surface area contributed by atoms with Gasteiger partial charge < -0.3 is 15.7 Å². The summed E-state index contributed by atoms with van der Waals surface area (Å²) in [5, 5.41) is 13.9. The Bertz CT molecular complexity index is 1530. The highest BCUT2D eigenvalue weighted by atomic mass is 32.2. The maximum atomic E-state index is 13.0. The normalized spacial score (nSPS) is 23.5. The van der Waals surface area contributed by atoms with Gasteiger partial charge in [-0.05, 0) is 66.8 Å². The number of carbonyl (C=O) groups excluding carboxylic acids is 3. The molecule has 1 atom stereocenters. The van der Waals surface area contributed by atoms with Crippen molar-refractivity contribution in [1.29, 1.82) is 0 Å². The van der Waals surface area contributed by atoms with E-state index in [0.717, 1.165) is 28.8 Å². The van der Waals surface area contributed by atoms with Crippen LogP contribution in [0.5, 0.6) is 0 Å². The average molecular weight is 624 g/mol. The maximum Gasteiger partial charge on any atom is 0.255 e. The molecule has 0 bridgehead atoms. The molecule has 236 valence electrons. The second-order valence-corrected chi connectivity index (χ2v) is 14.8. The number of aliphatic hydroxyl groups is 1. The molecule has 0 radical (unpaired) electrons. The first-order chi connectivity index (χ1) is 21.0. The molecule has 4 aliphatic rings. The second-order valence-electron chi connectivity index (χ2n) is 12.7. The monoisotopic (exact) mass is 623 g/mol. The minimum atomic E-state index is -3.29. The molecule has 0 spiro atoms. The van der Waals surface area contributed by atoms with Gasteiger partial charge in [0.05, 0.1) is 11.4 Å². The molecule has 0 aromatic heterocycles. The summed E-state index contributed by atoms with van der Waals surface area (Å²) in [6, 6.07) is 13.0. The molecule has 0 aliphatic carbocycles. The Hall–Kier alpha value is -3.16. The summed E-state index contributed by atoms with van der Waals surface area (Å²) in [7, 11) is -3.29. The summed E-state index contributed by atoms with van der Waals surface area (Å²) in [4.78, 5) is 40.8. The zero-order chi connectivity index (χ0) is 31.1. The van der Waals surface area contributed by atoms with E-state index in [9.17, 15) is 27.9 Å². The molecule has 3 fully saturated rings. The van der Waals surface area contributed by atoms with E-state index in [1.165, 1.54) is 4.90 Å². The summed E-state index contributed by atoms with van der Waals surface area (Å²) in [6.45, 7) is 3.43. The number of hydrogen-bond donors (Lipinski definition) is 3. The molecule has 44 heavy (non-hydrogen) atoms. The van der Waals surface area contributed by atoms with Gasteiger partial charge in [0.1, 0.15) is 6.04 Å². The van der Waals surface area contributed by atoms with Crippen molar-refractivity contribution in [2.45, 2.75) is 75.7 Å². The molecular weight excluding hydrogens is 582 g/mol. The fourth-order valence-electron chi connectivity index (χ4n) is 6.83. The molecular formula is C32H41N5O6S. The topological polar surface area (TPSA) is 153 Å². The standard InChI is InChI=1S/C32H41N5O6S/c33-26-9-14-36(15-10-26)44(42,43)18-11-22-1-3-23(4-2-22)20-35-16-12-32(41,13-17-35)25-5-6-27-24(19-25)21-37(31(27)40)28-7-8-29(38)34-30(28)39/h1-6,19,26,28,41H,7-18,20-21,33H2,(H,34,38,39). The number of likely N-dealkylation sites (tertiary alicyclic amines) is 1. The largest absolute Gasteiger partial charge is 0.385 e. The number of aryl methyl sites for hydroxylation is 1. The van der Waals surface area contributed by atoms with Crippen molar-refractivity contribution in [3.63, 3.8) is 0 Å². The number of piperidine rings is 3. The molecule has 4 N–H and O–H groups in total. The Labute approximate surface area is 258 Å². The van der Waals surface area contributed by atoms with Crippen LogP contribution >= 0.6 is 0 Å². The Morgan fingerprint density at radius 1 is 0.932 bits per heavy atom. The van der Waals surface area contributed by atoms with Crippen LogP contribution in [-0.4, -0.2) is 89.4 Å². The number of amides is 3. The highest BCUT2D eigenvalue weighted by molar-refractivity contribution is 7.89. The van der Waals surface area contributed by atoms with Crippen LogP contribution in [0.15, 0.2) is 42.5 Å². The van der Waals surface area contributed by atoms with Crippen LogP contribution in [0.3, 0.4) is 0 Å². The molecule has 0 saturated carbocycles. The summed E-state index contributed by atoms with van der Waals surface area (Å²) >= 11 is 0. The lowest BCUT2D eigenvalue weighted by molar-refractivity contribution is -0.136. The van der Waals surface area contributed by atoms with Gasteiger partial charge in [0.25, 0.3) is 5.91 Å². The number of nitrogens with zero attached hydrogens (tertiary/aromatic N) is 3. The molecule has 4 heterocycles. The Kier molecular flexibility index (Phi) is 8.64. The lowest BCUT2D eigenvalue weighted by Gasteiger charge is -2.38. The van der Waals surface area contributed by atoms with Gasteiger partial charge in [0.15, 0.2) is 0 Å². The van der Waals surface area contributed by atoms with Gasteiger partial charge in [0.2, 0.25) is 21.8 Å². The van der Waals surface area contributed by atoms with Gasteiger partial charge in [-0.3, -0.25) is 24.6 Å². The SMILES string of the molecule is NC1CCN(S(=O)(=O)CCc2ccc(CN3CCC(O)(c4ccc5c(c4)CN(C4CCC(=O)NC4=O)C5=O)CC3)cc2)CC1. The van der Waals surface area contributed by atoms with Crippen molar-refractivity contribution in [2.75, 3.05) is 31.9 Å². The zero-order valence-corrected chi connectivity index (χ0v) is 25.7. The summed E-state index contributed by atoms with van der Waals surface area (Å²) in [5.41, 5.74) is 9.14. The van der Waals surface area contributed by atoms with Crippen molar-refractivity contribution in [3.8, 4) is 0 Å². The quantitative estimate of drug-likeness (QED) is 0.371. The van der Waals surface area contributed by atoms with Crippen molar-refractivity contribution in [2.24, 2.45) is 5.73 Å². The minimum absolute atomic E-state index is 0.0913. The third-order valence-electron chi connectivity index (χ3n) is 9.71. The van der Waals surface area contributed by atoms with Crippen LogP contribution in [0, 0.1) is 0 Å². The second kappa shape index (κ2) is 12.3. The number of hydrogen-bond acceptors (Lipinski definition) is 8. The van der Waals surface area contributed by atoms with Crippen LogP contribution in [0.1, 0.15) is 71.1 Å². The lowest BCUT2D eigenvalue weighted by atomic mass is 9.83. The van der Waals surface area contributed by atoms with E-state index in [-0.39, 0.29) is 36.6 Å². The molecule has 4 aliphatic heterocycles. The first-order valence-corrected chi connectivity index (χ1v) is 17.2. The van der Waals surface area contributed by atoms with Gasteiger partial charge in [-0.15, -0.1) is 0 Å². The van der Waals surface area contributed by atoms with Gasteiger partial charge in [-0.2, -0.15) is 0 Å². The van der Waals surface area contributed by atoms with E-state index < -0.39 is 27.6 Å². The number of imide groups is 1. The van der Waals surface area contributed by atoms with E-state index in [1.54, 1.807) is 10.4 Å². The smallest absolute Gasteiger partial charge is 0.255 e. The zero-order valence-electron chi connectivity index (χ0n) is 24.9. The number of nitrogens with one attached hydrogen (secondary N) is 1. The molecule has 3 saturated heterocycles. The fraction of sp³-hybridized carbons (Fsp3) is 0.531. The summed E-state index contributed by atoms with van der Waals surface area (Å²) in [5.74, 6) is -0.873. The Balaban J connectivity index is 1.01. The molecule has 1 unspecified atom stereocenters. The number of fused-ring (bicyclic) bond motifs is 1. The van der Waals surface area contributed by atoms with Crippen LogP contribution in [0.2, 0.25) is 0 Å². The molecule has 2 aromatic carbocycles. The molecule has 11 nitrogen and oxygen atoms in total. The van der Waals surface area contributed by atoms with Crippen molar-refractivity contribution >= 4 is 27.7 Å². The van der Waals surface area contributed by atoms with E-state index >= 15 is 0 Å². The first kappa shape index (κ1) is 30.8. The third-order valence-corrected chi connectivity index (χ3v) is 11.6. The van der Waals surface area contributed by atoms with Crippen molar-refractivity contribution < 1.29 is 27.9 Å². The lowest BCUT2D eigenvalue weighted by Crippen LogP contribution is -2.52. The molecule has 2 aromatic rings. The molecule has 12 heteroatoms. The number of sulfonamides is 1. The van der Waals surface area contributed by atoms with E-state index in [0.29, 0.717) is 70.3 Å². The van der Waals surface area contributed by atoms with E-state index in [1.807, 2.05) is 24.3 Å². The predicted octanol–water partition coefficient (Wildman–Crippen LogP) is 1.23. The number of carbonyl (C=O) groups is 3. The van der Waals surface area contributed by atoms with Gasteiger partial charge in [-0.1, -0.05) is 36.4 Å². The Morgan fingerprint density at radius 3 is 2.30 bits per heavy atom. The van der Waals surface area contributed by atoms with Gasteiger partial charge in [-0.25, -0.2) is 12.7 Å². The fourth-order valence-corrected chi connectivity index (χ4v) is 8.35. The van der Waals surface area contributed by atoms with E-state index in [4.69, 9.17) is 5.73 Å². The van der Waals surface area contributed by atoms with Crippen molar-refractivity contribution in [1.82, 2.24) is 19.4 Å². The van der Waals surface area contributed by atoms with Crippen LogP contribution in [-0.2, 0) is 44.7 Å². The van der Waals surface area contributed by atoms with Gasteiger partial charge in [0, 0.05) is 57.3 Å². The minimum Gasteiger partial charge on any atom is -0.385 e. The first-order valence-electron chi connectivity index (χ1n) is 15.5. The summed E-state index contributed by atoms with van der Waals surface area (Å²) < 4.78 is 27.0. The van der Waals surface area contributed by atoms with Crippen LogP contribution < -0.4 is 11.1 Å². The van der Waals surface area contributed by atoms with Gasteiger partial charge >= 0.3 is 0 Å². The average Bonchev–Trinajstić information content (AvgIpc) is 3.33. The molecule has 3 amide bonds.